The fourth-order valence-electron chi connectivity index (χ4n) is 2.23. The molecular weight excluding hydrogens is 272 g/mol. The van der Waals surface area contributed by atoms with Gasteiger partial charge in [0.05, 0.1) is 12.4 Å². The number of rotatable bonds is 2. The summed E-state index contributed by atoms with van der Waals surface area (Å²) in [6, 6.07) is 0.00556. The highest BCUT2D eigenvalue weighted by molar-refractivity contribution is 5.68. The van der Waals surface area contributed by atoms with Crippen molar-refractivity contribution in [3.05, 3.63) is 12.4 Å². The summed E-state index contributed by atoms with van der Waals surface area (Å²) in [7, 11) is 0. The van der Waals surface area contributed by atoms with E-state index >= 15 is 0 Å². The van der Waals surface area contributed by atoms with Gasteiger partial charge in [0.2, 0.25) is 5.95 Å². The molecule has 116 valence electrons. The molecule has 1 aromatic rings. The molecule has 1 amide bonds. The van der Waals surface area contributed by atoms with E-state index in [1.54, 1.807) is 0 Å². The number of alkyl carbamates (subject to hydrolysis) is 1. The van der Waals surface area contributed by atoms with Gasteiger partial charge in [-0.05, 0) is 33.6 Å². The van der Waals surface area contributed by atoms with Gasteiger partial charge in [0.1, 0.15) is 5.60 Å². The Morgan fingerprint density at radius 2 is 2.10 bits per heavy atom. The number of nitrogens with zero attached hydrogens (tertiary/aromatic N) is 3. The van der Waals surface area contributed by atoms with Gasteiger partial charge in [-0.15, -0.1) is 0 Å². The molecule has 2 heterocycles. The van der Waals surface area contributed by atoms with E-state index in [2.05, 4.69) is 15.3 Å². The van der Waals surface area contributed by atoms with E-state index in [4.69, 9.17) is 4.74 Å². The number of carbonyl (C=O) groups excluding carboxylic acids is 1. The van der Waals surface area contributed by atoms with Crippen LogP contribution in [-0.2, 0) is 4.74 Å². The van der Waals surface area contributed by atoms with Crippen LogP contribution in [-0.4, -0.2) is 45.9 Å². The fourth-order valence-corrected chi connectivity index (χ4v) is 2.23. The van der Waals surface area contributed by atoms with Gasteiger partial charge in [-0.2, -0.15) is 0 Å². The fraction of sp³-hybridized carbons (Fsp3) is 0.643. The molecule has 0 saturated carbocycles. The third-order valence-electron chi connectivity index (χ3n) is 3.05. The standard InChI is InChI=1S/C14H22N4O3/c1-14(2,3)21-13(20)17-10-5-4-6-18(9-10)12-15-7-11(19)8-16-12/h7-8,10,19H,4-6,9H2,1-3H3,(H,17,20). The smallest absolute Gasteiger partial charge is 0.407 e. The highest BCUT2D eigenvalue weighted by atomic mass is 16.6. The predicted octanol–water partition coefficient (Wildman–Crippen LogP) is 1.68. The van der Waals surface area contributed by atoms with Crippen LogP contribution in [0.5, 0.6) is 5.75 Å². The summed E-state index contributed by atoms with van der Waals surface area (Å²) in [5, 5.41) is 12.1. The number of nitrogens with one attached hydrogen (secondary N) is 1. The number of hydrogen-bond acceptors (Lipinski definition) is 6. The number of hydrogen-bond donors (Lipinski definition) is 2. The first-order valence-corrected chi connectivity index (χ1v) is 7.09. The van der Waals surface area contributed by atoms with Crippen molar-refractivity contribution < 1.29 is 14.6 Å². The second-order valence-corrected chi connectivity index (χ2v) is 6.17. The number of ether oxygens (including phenoxy) is 1. The van der Waals surface area contributed by atoms with E-state index in [9.17, 15) is 9.90 Å². The molecule has 2 rings (SSSR count). The van der Waals surface area contributed by atoms with Crippen molar-refractivity contribution in [2.45, 2.75) is 45.3 Å². The van der Waals surface area contributed by atoms with Crippen molar-refractivity contribution >= 4 is 12.0 Å². The lowest BCUT2D eigenvalue weighted by atomic mass is 10.1. The Labute approximate surface area is 124 Å². The zero-order valence-corrected chi connectivity index (χ0v) is 12.7. The number of carbonyl (C=O) groups is 1. The SMILES string of the molecule is CC(C)(C)OC(=O)NC1CCCN(c2ncc(O)cn2)C1. The Kier molecular flexibility index (Phi) is 4.50. The van der Waals surface area contributed by atoms with Crippen molar-refractivity contribution in [2.75, 3.05) is 18.0 Å². The van der Waals surface area contributed by atoms with E-state index in [1.807, 2.05) is 25.7 Å². The summed E-state index contributed by atoms with van der Waals surface area (Å²) < 4.78 is 5.26. The summed E-state index contributed by atoms with van der Waals surface area (Å²) in [4.78, 5) is 22.0. The third kappa shape index (κ3) is 4.77. The lowest BCUT2D eigenvalue weighted by Crippen LogP contribution is -2.49. The van der Waals surface area contributed by atoms with Crippen LogP contribution in [0.4, 0.5) is 10.7 Å². The maximum absolute atomic E-state index is 11.8. The minimum atomic E-state index is -0.501. The molecule has 1 aliphatic heterocycles. The summed E-state index contributed by atoms with van der Waals surface area (Å²) in [5.41, 5.74) is -0.501. The lowest BCUT2D eigenvalue weighted by molar-refractivity contribution is 0.0500. The summed E-state index contributed by atoms with van der Waals surface area (Å²) in [5.74, 6) is 0.600. The molecule has 7 heteroatoms. The van der Waals surface area contributed by atoms with Crippen LogP contribution in [0.25, 0.3) is 0 Å². The molecule has 21 heavy (non-hydrogen) atoms. The zero-order valence-electron chi connectivity index (χ0n) is 12.7. The van der Waals surface area contributed by atoms with E-state index in [-0.39, 0.29) is 11.8 Å². The van der Waals surface area contributed by atoms with Crippen LogP contribution in [0, 0.1) is 0 Å². The number of aromatic nitrogens is 2. The summed E-state index contributed by atoms with van der Waals surface area (Å²) >= 11 is 0. The quantitative estimate of drug-likeness (QED) is 0.863. The normalized spacial score (nSPS) is 19.2. The Morgan fingerprint density at radius 1 is 1.43 bits per heavy atom. The molecule has 1 unspecified atom stereocenters. The van der Waals surface area contributed by atoms with Crippen LogP contribution in [0.15, 0.2) is 12.4 Å². The average Bonchev–Trinajstić information content (AvgIpc) is 2.37. The zero-order chi connectivity index (χ0) is 15.5. The van der Waals surface area contributed by atoms with Crippen molar-refractivity contribution in [1.29, 1.82) is 0 Å². The van der Waals surface area contributed by atoms with Gasteiger partial charge < -0.3 is 20.1 Å². The van der Waals surface area contributed by atoms with E-state index < -0.39 is 11.7 Å². The highest BCUT2D eigenvalue weighted by Gasteiger charge is 2.25. The molecule has 1 aromatic heterocycles. The maximum atomic E-state index is 11.8. The third-order valence-corrected chi connectivity index (χ3v) is 3.05. The van der Waals surface area contributed by atoms with Crippen LogP contribution in [0.2, 0.25) is 0 Å². The van der Waals surface area contributed by atoms with E-state index in [0.717, 1.165) is 19.4 Å². The largest absolute Gasteiger partial charge is 0.505 e. The minimum Gasteiger partial charge on any atom is -0.505 e. The number of aromatic hydroxyl groups is 1. The van der Waals surface area contributed by atoms with Gasteiger partial charge in [-0.3, -0.25) is 0 Å². The lowest BCUT2D eigenvalue weighted by Gasteiger charge is -2.33. The Morgan fingerprint density at radius 3 is 2.71 bits per heavy atom. The van der Waals surface area contributed by atoms with Crippen molar-refractivity contribution in [3.63, 3.8) is 0 Å². The van der Waals surface area contributed by atoms with Crippen LogP contribution in [0.3, 0.4) is 0 Å². The Hall–Kier alpha value is -2.05. The summed E-state index contributed by atoms with van der Waals surface area (Å²) in [6.07, 6.45) is 4.17. The molecule has 0 spiro atoms. The van der Waals surface area contributed by atoms with Gasteiger partial charge in [0, 0.05) is 19.1 Å². The van der Waals surface area contributed by atoms with Gasteiger partial charge in [-0.25, -0.2) is 14.8 Å². The maximum Gasteiger partial charge on any atom is 0.407 e. The molecule has 0 radical (unpaired) electrons. The predicted molar refractivity (Wildman–Crippen MR) is 78.3 cm³/mol. The molecule has 1 aliphatic rings. The Balaban J connectivity index is 1.91. The first kappa shape index (κ1) is 15.3. The number of piperidine rings is 1. The average molecular weight is 294 g/mol. The minimum absolute atomic E-state index is 0.00556. The molecule has 0 bridgehead atoms. The number of anilines is 1. The van der Waals surface area contributed by atoms with Gasteiger partial charge in [0.25, 0.3) is 0 Å². The Bertz CT molecular complexity index is 484. The van der Waals surface area contributed by atoms with E-state index in [0.29, 0.717) is 12.5 Å². The van der Waals surface area contributed by atoms with E-state index in [1.165, 1.54) is 12.4 Å². The van der Waals surface area contributed by atoms with Crippen LogP contribution in [0.1, 0.15) is 33.6 Å². The molecule has 1 atom stereocenters. The van der Waals surface area contributed by atoms with Crippen LogP contribution < -0.4 is 10.2 Å². The molecule has 0 aliphatic carbocycles. The van der Waals surface area contributed by atoms with Crippen molar-refractivity contribution in [2.24, 2.45) is 0 Å². The molecule has 0 aromatic carbocycles. The molecular formula is C14H22N4O3. The monoisotopic (exact) mass is 294 g/mol. The van der Waals surface area contributed by atoms with Crippen LogP contribution >= 0.6 is 0 Å². The van der Waals surface area contributed by atoms with Crippen molar-refractivity contribution in [3.8, 4) is 5.75 Å². The second-order valence-electron chi connectivity index (χ2n) is 6.17. The van der Waals surface area contributed by atoms with Gasteiger partial charge in [0.15, 0.2) is 5.75 Å². The molecule has 7 nitrogen and oxygen atoms in total. The highest BCUT2D eigenvalue weighted by Crippen LogP contribution is 2.17. The first-order valence-electron chi connectivity index (χ1n) is 7.09. The topological polar surface area (TPSA) is 87.6 Å². The van der Waals surface area contributed by atoms with Crippen molar-refractivity contribution in [1.82, 2.24) is 15.3 Å². The molecule has 2 N–H and O–H groups in total. The number of amides is 1. The molecule has 1 saturated heterocycles. The molecule has 1 fully saturated rings. The van der Waals surface area contributed by atoms with Gasteiger partial charge in [-0.1, -0.05) is 0 Å². The first-order chi connectivity index (χ1) is 9.83. The second kappa shape index (κ2) is 6.15. The van der Waals surface area contributed by atoms with Gasteiger partial charge >= 0.3 is 6.09 Å². The summed E-state index contributed by atoms with van der Waals surface area (Å²) in [6.45, 7) is 6.97.